The van der Waals surface area contributed by atoms with Gasteiger partial charge in [-0.2, -0.15) is 0 Å². The van der Waals surface area contributed by atoms with Crippen LogP contribution in [0.1, 0.15) is 75.8 Å². The fraction of sp³-hybridized carbons (Fsp3) is 0.468. The van der Waals surface area contributed by atoms with Gasteiger partial charge in [-0.25, -0.2) is 9.59 Å². The SMILES string of the molecule is C=CCO[C@@]12Oc3ccc(OC(=O)NCC)cc3[C@H]3[C@H](CCCCO)[C@@H](CCCCO)C=C(C(=NOCC)C[C@@H]1N(Cc1ccc4c(c1)OCO4)C(=O)Oc1ccc([N+](=O)[O-])cc1)[C@H]32. The number of non-ortho nitro benzene ring substituents is 1. The summed E-state index contributed by atoms with van der Waals surface area (Å²) in [5.74, 6) is -0.902. The second-order valence-corrected chi connectivity index (χ2v) is 16.0. The Hall–Kier alpha value is -6.17. The van der Waals surface area contributed by atoms with Gasteiger partial charge >= 0.3 is 12.2 Å². The second-order valence-electron chi connectivity index (χ2n) is 16.0. The third kappa shape index (κ3) is 9.81. The molecule has 3 N–H and O–H groups in total. The van der Waals surface area contributed by atoms with Gasteiger partial charge in [-0.3, -0.25) is 15.0 Å². The van der Waals surface area contributed by atoms with E-state index >= 15 is 4.79 Å². The van der Waals surface area contributed by atoms with Crippen molar-refractivity contribution in [3.05, 3.63) is 106 Å². The number of aliphatic hydroxyl groups excluding tert-OH is 2. The lowest BCUT2D eigenvalue weighted by Gasteiger charge is -2.59. The number of hydrogen-bond acceptors (Lipinski definition) is 14. The van der Waals surface area contributed by atoms with E-state index in [9.17, 15) is 25.1 Å². The number of nitro benzene ring substituents is 1. The smallest absolute Gasteiger partial charge is 0.416 e. The van der Waals surface area contributed by atoms with E-state index in [1.165, 1.54) is 29.2 Å². The molecule has 0 spiro atoms. The number of carbonyl (C=O) groups excluding carboxylic acids is 2. The summed E-state index contributed by atoms with van der Waals surface area (Å²) < 4.78 is 37.5. The van der Waals surface area contributed by atoms with Crippen LogP contribution in [0.5, 0.6) is 28.7 Å². The quantitative estimate of drug-likeness (QED) is 0.0429. The number of amides is 2. The van der Waals surface area contributed by atoms with Crippen LogP contribution in [0.4, 0.5) is 15.3 Å². The maximum atomic E-state index is 15.0. The molecule has 4 aliphatic rings. The number of nitro groups is 1. The monoisotopic (exact) mass is 884 g/mol. The van der Waals surface area contributed by atoms with Gasteiger partial charge in [0.1, 0.15) is 29.9 Å². The highest BCUT2D eigenvalue weighted by Gasteiger charge is 2.66. The van der Waals surface area contributed by atoms with E-state index in [2.05, 4.69) is 18.0 Å². The summed E-state index contributed by atoms with van der Waals surface area (Å²) in [7, 11) is 0. The first-order valence-corrected chi connectivity index (χ1v) is 21.9. The molecule has 0 unspecified atom stereocenters. The Morgan fingerprint density at radius 1 is 0.969 bits per heavy atom. The van der Waals surface area contributed by atoms with Crippen molar-refractivity contribution in [3.8, 4) is 28.7 Å². The van der Waals surface area contributed by atoms with Gasteiger partial charge in [0, 0.05) is 56.3 Å². The van der Waals surface area contributed by atoms with E-state index in [4.69, 9.17) is 38.4 Å². The van der Waals surface area contributed by atoms with Gasteiger partial charge in [0.2, 0.25) is 12.6 Å². The Labute approximate surface area is 371 Å². The highest BCUT2D eigenvalue weighted by Crippen LogP contribution is 2.62. The van der Waals surface area contributed by atoms with Crippen molar-refractivity contribution in [1.82, 2.24) is 10.2 Å². The number of fused-ring (bicyclic) bond motifs is 3. The first-order valence-electron chi connectivity index (χ1n) is 21.9. The predicted octanol–water partition coefficient (Wildman–Crippen LogP) is 7.79. The van der Waals surface area contributed by atoms with E-state index in [-0.39, 0.29) is 69.5 Å². The van der Waals surface area contributed by atoms with Crippen molar-refractivity contribution in [2.24, 2.45) is 22.9 Å². The third-order valence-electron chi connectivity index (χ3n) is 12.1. The lowest BCUT2D eigenvalue weighted by Crippen LogP contribution is -2.70. The van der Waals surface area contributed by atoms with Crippen LogP contribution in [-0.4, -0.2) is 89.5 Å². The van der Waals surface area contributed by atoms with E-state index in [1.807, 2.05) is 19.1 Å². The largest absolute Gasteiger partial charge is 0.459 e. The summed E-state index contributed by atoms with van der Waals surface area (Å²) in [4.78, 5) is 46.1. The minimum absolute atomic E-state index is 0.0169. The Bertz CT molecular complexity index is 2210. The number of nitrogens with one attached hydrogen (secondary N) is 1. The number of rotatable bonds is 20. The number of aliphatic hydroxyl groups is 2. The van der Waals surface area contributed by atoms with Crippen molar-refractivity contribution in [1.29, 1.82) is 0 Å². The Balaban J connectivity index is 1.44. The molecule has 0 aromatic heterocycles. The number of benzene rings is 3. The van der Waals surface area contributed by atoms with Crippen molar-refractivity contribution in [2.45, 2.75) is 83.1 Å². The van der Waals surface area contributed by atoms with Crippen LogP contribution < -0.4 is 29.0 Å². The van der Waals surface area contributed by atoms with Crippen LogP contribution in [0.15, 0.2) is 90.1 Å². The zero-order valence-electron chi connectivity index (χ0n) is 36.1. The average molecular weight is 885 g/mol. The number of allylic oxidation sites excluding steroid dienone is 1. The van der Waals surface area contributed by atoms with Crippen molar-refractivity contribution >= 4 is 23.6 Å². The molecule has 2 heterocycles. The molecule has 3 aromatic carbocycles. The molecule has 17 nitrogen and oxygen atoms in total. The van der Waals surface area contributed by atoms with Gasteiger partial charge in [-0.15, -0.1) is 6.58 Å². The summed E-state index contributed by atoms with van der Waals surface area (Å²) in [6.45, 7) is 8.35. The van der Waals surface area contributed by atoms with Gasteiger partial charge in [0.15, 0.2) is 11.5 Å². The molecule has 342 valence electrons. The zero-order chi connectivity index (χ0) is 45.2. The molecular formula is C47H56N4O13. The zero-order valence-corrected chi connectivity index (χ0v) is 36.1. The molecule has 0 bridgehead atoms. The summed E-state index contributed by atoms with van der Waals surface area (Å²) in [6, 6.07) is 14.9. The molecule has 17 heteroatoms. The number of nitrogens with zero attached hydrogens (tertiary/aromatic N) is 3. The lowest BCUT2D eigenvalue weighted by molar-refractivity contribution is -0.384. The molecule has 1 fully saturated rings. The van der Waals surface area contributed by atoms with Crippen LogP contribution in [0, 0.1) is 27.9 Å². The number of oxime groups is 1. The van der Waals surface area contributed by atoms with E-state index in [1.54, 1.807) is 37.3 Å². The molecule has 0 radical (unpaired) electrons. The predicted molar refractivity (Wildman–Crippen MR) is 234 cm³/mol. The molecular weight excluding hydrogens is 829 g/mol. The highest BCUT2D eigenvalue weighted by atomic mass is 16.7. The Morgan fingerprint density at radius 2 is 1.70 bits per heavy atom. The van der Waals surface area contributed by atoms with Crippen molar-refractivity contribution in [3.63, 3.8) is 0 Å². The maximum Gasteiger partial charge on any atom is 0.416 e. The molecule has 3 aromatic rings. The Morgan fingerprint density at radius 3 is 2.42 bits per heavy atom. The molecule has 2 aliphatic carbocycles. The number of ether oxygens (including phenoxy) is 6. The standard InChI is InChI=1S/C47H56N4O13/c1-4-23-60-47-42(50(28-30-13-19-40-41(24-30)59-29-58-40)46(55)63-33-16-14-32(15-17-33)51(56)57)27-38(49-61-6-3)36-25-31(11-7-9-21-52)35(12-8-10-22-53)43(44(36)47)37-26-34(18-20-39(37)64-47)62-45(54)48-5-2/h4,13-20,24-26,31,35,42-44,52-53H,1,5-12,21-23,27-29H2,2-3H3,(H,48,54)/t31-,35+,42-,43+,44+,47+/m0/s1. The highest BCUT2D eigenvalue weighted by molar-refractivity contribution is 6.03. The molecule has 6 atom stereocenters. The lowest BCUT2D eigenvalue weighted by atomic mass is 9.55. The van der Waals surface area contributed by atoms with Crippen LogP contribution >= 0.6 is 0 Å². The fourth-order valence-electron chi connectivity index (χ4n) is 9.48. The fourth-order valence-corrected chi connectivity index (χ4v) is 9.48. The van der Waals surface area contributed by atoms with Gasteiger partial charge in [-0.05, 0) is 105 Å². The van der Waals surface area contributed by atoms with E-state index < -0.39 is 40.8 Å². The van der Waals surface area contributed by atoms with Gasteiger partial charge in [0.25, 0.3) is 5.69 Å². The van der Waals surface area contributed by atoms with Crippen LogP contribution in [0.2, 0.25) is 0 Å². The van der Waals surface area contributed by atoms with Gasteiger partial charge in [0.05, 0.1) is 23.2 Å². The van der Waals surface area contributed by atoms with Gasteiger partial charge in [-0.1, -0.05) is 36.2 Å². The van der Waals surface area contributed by atoms with E-state index in [0.717, 1.165) is 24.0 Å². The first-order chi connectivity index (χ1) is 31.1. The maximum absolute atomic E-state index is 15.0. The molecule has 0 saturated heterocycles. The Kier molecular flexibility index (Phi) is 15.0. The molecule has 7 rings (SSSR count). The normalized spacial score (nSPS) is 23.2. The molecule has 64 heavy (non-hydrogen) atoms. The summed E-state index contributed by atoms with van der Waals surface area (Å²) >= 11 is 0. The van der Waals surface area contributed by atoms with Gasteiger partial charge < -0.3 is 48.8 Å². The molecule has 1 saturated carbocycles. The topological polar surface area (TPSA) is 210 Å². The van der Waals surface area contributed by atoms with Crippen LogP contribution in [-0.2, 0) is 16.1 Å². The number of carbonyl (C=O) groups is 2. The first kappa shape index (κ1) is 45.8. The number of unbranched alkanes of at least 4 members (excludes halogenated alkanes) is 2. The molecule has 2 amide bonds. The van der Waals surface area contributed by atoms with Crippen LogP contribution in [0.3, 0.4) is 0 Å². The second kappa shape index (κ2) is 21.0. The minimum Gasteiger partial charge on any atom is -0.459 e. The van der Waals surface area contributed by atoms with Crippen molar-refractivity contribution in [2.75, 3.05) is 39.8 Å². The summed E-state index contributed by atoms with van der Waals surface area (Å²) in [5, 5.41) is 38.7. The minimum atomic E-state index is -1.64. The molecule has 2 aliphatic heterocycles. The number of hydrogen-bond donors (Lipinski definition) is 3. The average Bonchev–Trinajstić information content (AvgIpc) is 3.76. The van der Waals surface area contributed by atoms with Crippen LogP contribution in [0.25, 0.3) is 0 Å². The van der Waals surface area contributed by atoms with Crippen molar-refractivity contribution < 1.29 is 58.0 Å². The summed E-state index contributed by atoms with van der Waals surface area (Å²) in [5.41, 5.74) is 2.66. The third-order valence-corrected chi connectivity index (χ3v) is 12.1. The summed E-state index contributed by atoms with van der Waals surface area (Å²) in [6.07, 6.45) is 6.60. The van der Waals surface area contributed by atoms with E-state index in [0.29, 0.717) is 66.5 Å².